The Balaban J connectivity index is 1.32. The molecule has 0 amide bonds. The zero-order valence-electron chi connectivity index (χ0n) is 25.3. The quantitative estimate of drug-likeness (QED) is 0.116. The Labute approximate surface area is 269 Å². The fraction of sp³-hybridized carbons (Fsp3) is 0.0244. The highest BCUT2D eigenvalue weighted by Gasteiger charge is 2.12. The molecule has 0 heterocycles. The average Bonchev–Trinajstić information content (AvgIpc) is 3.07. The van der Waals surface area contributed by atoms with Crippen LogP contribution in [0.4, 0.5) is 17.1 Å². The van der Waals surface area contributed by atoms with Crippen LogP contribution in [-0.2, 0) is 9.59 Å². The summed E-state index contributed by atoms with van der Waals surface area (Å²) in [6, 6.07) is 40.7. The summed E-state index contributed by atoms with van der Waals surface area (Å²) in [6.07, 6.45) is 13.6. The third kappa shape index (κ3) is 8.91. The van der Waals surface area contributed by atoms with E-state index in [0.717, 1.165) is 62.6 Å². The largest absolute Gasteiger partial charge is 0.478 e. The molecule has 0 bridgehead atoms. The number of carboxylic acid groups (broad SMARTS) is 2. The second-order valence-electron chi connectivity index (χ2n) is 10.7. The Bertz CT molecular complexity index is 1780. The van der Waals surface area contributed by atoms with Crippen LogP contribution in [0.25, 0.3) is 36.5 Å². The van der Waals surface area contributed by atoms with Crippen LogP contribution < -0.4 is 4.90 Å². The monoisotopic (exact) mass is 603 g/mol. The van der Waals surface area contributed by atoms with Gasteiger partial charge in [-0.3, -0.25) is 0 Å². The maximum atomic E-state index is 10.7. The summed E-state index contributed by atoms with van der Waals surface area (Å²) in [6.45, 7) is 2.08. The van der Waals surface area contributed by atoms with Crippen molar-refractivity contribution in [3.8, 4) is 0 Å². The molecule has 46 heavy (non-hydrogen) atoms. The van der Waals surface area contributed by atoms with E-state index >= 15 is 0 Å². The maximum absolute atomic E-state index is 10.7. The predicted octanol–water partition coefficient (Wildman–Crippen LogP) is 10.0. The van der Waals surface area contributed by atoms with Crippen LogP contribution >= 0.6 is 0 Å². The van der Waals surface area contributed by atoms with Crippen molar-refractivity contribution in [3.05, 3.63) is 172 Å². The predicted molar refractivity (Wildman–Crippen MR) is 190 cm³/mol. The minimum Gasteiger partial charge on any atom is -0.478 e. The Morgan fingerprint density at radius 1 is 0.413 bits per heavy atom. The third-order valence-electron chi connectivity index (χ3n) is 7.24. The highest BCUT2D eigenvalue weighted by molar-refractivity contribution is 5.86. The second-order valence-corrected chi connectivity index (χ2v) is 10.7. The lowest BCUT2D eigenvalue weighted by molar-refractivity contribution is -0.132. The van der Waals surface area contributed by atoms with Crippen molar-refractivity contribution in [1.29, 1.82) is 0 Å². The zero-order valence-corrected chi connectivity index (χ0v) is 25.3. The molecule has 5 nitrogen and oxygen atoms in total. The number of nitrogens with zero attached hydrogens (tertiary/aromatic N) is 1. The van der Waals surface area contributed by atoms with Crippen molar-refractivity contribution in [2.45, 2.75) is 6.92 Å². The topological polar surface area (TPSA) is 77.8 Å². The van der Waals surface area contributed by atoms with Gasteiger partial charge in [-0.2, -0.15) is 0 Å². The number of hydrogen-bond donors (Lipinski definition) is 2. The van der Waals surface area contributed by atoms with Gasteiger partial charge < -0.3 is 15.1 Å². The molecule has 5 rings (SSSR count). The van der Waals surface area contributed by atoms with Gasteiger partial charge in [-0.05, 0) is 88.9 Å². The van der Waals surface area contributed by atoms with Crippen LogP contribution in [0.1, 0.15) is 38.9 Å². The lowest BCUT2D eigenvalue weighted by atomic mass is 10.1. The van der Waals surface area contributed by atoms with Crippen molar-refractivity contribution in [2.75, 3.05) is 4.90 Å². The normalized spacial score (nSPS) is 11.6. The summed E-state index contributed by atoms with van der Waals surface area (Å²) in [7, 11) is 0. The number of anilines is 3. The Kier molecular flexibility index (Phi) is 10.2. The molecule has 0 aromatic heterocycles. The van der Waals surface area contributed by atoms with Gasteiger partial charge in [-0.15, -0.1) is 0 Å². The standard InChI is InChI=1S/C41H33NO4/c1-30-2-22-37(23-3-30)42(38-24-16-35(17-25-38)14-8-31-4-10-33(11-5-31)20-28-40(43)44)39-26-18-36(19-27-39)15-9-32-6-12-34(13-7-32)21-29-41(45)46/h2-29H,1H3,(H,43,44)(H,45,46). The van der Waals surface area contributed by atoms with Gasteiger partial charge in [-0.1, -0.05) is 115 Å². The molecule has 0 spiro atoms. The van der Waals surface area contributed by atoms with E-state index in [2.05, 4.69) is 96.8 Å². The van der Waals surface area contributed by atoms with E-state index in [1.54, 1.807) is 12.2 Å². The van der Waals surface area contributed by atoms with Gasteiger partial charge in [0.25, 0.3) is 0 Å². The summed E-state index contributed by atoms with van der Waals surface area (Å²) in [5.74, 6) is -1.93. The SMILES string of the molecule is Cc1ccc(N(c2ccc(C=Cc3ccc(C=CC(=O)O)cc3)cc2)c2ccc(C=Cc3ccc(C=CC(=O)O)cc3)cc2)cc1. The highest BCUT2D eigenvalue weighted by atomic mass is 16.4. The van der Waals surface area contributed by atoms with Gasteiger partial charge in [0.2, 0.25) is 0 Å². The minimum atomic E-state index is -0.965. The molecule has 0 radical (unpaired) electrons. The second kappa shape index (κ2) is 15.0. The van der Waals surface area contributed by atoms with Crippen LogP contribution in [0.15, 0.2) is 133 Å². The highest BCUT2D eigenvalue weighted by Crippen LogP contribution is 2.35. The molecular weight excluding hydrogens is 570 g/mol. The van der Waals surface area contributed by atoms with Gasteiger partial charge >= 0.3 is 11.9 Å². The molecule has 0 fully saturated rings. The number of aryl methyl sites for hydroxylation is 1. The maximum Gasteiger partial charge on any atom is 0.328 e. The summed E-state index contributed by atoms with van der Waals surface area (Å²) >= 11 is 0. The molecule has 0 saturated carbocycles. The molecular formula is C41H33NO4. The number of carboxylic acids is 2. The van der Waals surface area contributed by atoms with E-state index in [0.29, 0.717) is 0 Å². The zero-order chi connectivity index (χ0) is 32.3. The molecule has 0 saturated heterocycles. The first kappa shape index (κ1) is 31.2. The van der Waals surface area contributed by atoms with Crippen LogP contribution in [0, 0.1) is 6.92 Å². The fourth-order valence-corrected chi connectivity index (χ4v) is 4.77. The molecule has 0 unspecified atom stereocenters. The van der Waals surface area contributed by atoms with Crippen molar-refractivity contribution < 1.29 is 19.8 Å². The van der Waals surface area contributed by atoms with Gasteiger partial charge in [0, 0.05) is 29.2 Å². The molecule has 0 aliphatic carbocycles. The van der Waals surface area contributed by atoms with Gasteiger partial charge in [-0.25, -0.2) is 9.59 Å². The van der Waals surface area contributed by atoms with Crippen molar-refractivity contribution in [1.82, 2.24) is 0 Å². The minimum absolute atomic E-state index is 0.836. The molecule has 5 heteroatoms. The van der Waals surface area contributed by atoms with Gasteiger partial charge in [0.05, 0.1) is 0 Å². The number of benzene rings is 5. The Morgan fingerprint density at radius 2 is 0.652 bits per heavy atom. The van der Waals surface area contributed by atoms with E-state index in [1.165, 1.54) is 5.56 Å². The van der Waals surface area contributed by atoms with Crippen LogP contribution in [-0.4, -0.2) is 22.2 Å². The molecule has 0 aliphatic rings. The molecule has 0 aliphatic heterocycles. The average molecular weight is 604 g/mol. The lowest BCUT2D eigenvalue weighted by Gasteiger charge is -2.26. The molecule has 5 aromatic rings. The smallest absolute Gasteiger partial charge is 0.328 e. The summed E-state index contributed by atoms with van der Waals surface area (Å²) in [5, 5.41) is 17.6. The van der Waals surface area contributed by atoms with E-state index in [-0.39, 0.29) is 0 Å². The molecule has 2 N–H and O–H groups in total. The first-order chi connectivity index (χ1) is 22.3. The molecule has 5 aromatic carbocycles. The van der Waals surface area contributed by atoms with Crippen LogP contribution in [0.3, 0.4) is 0 Å². The molecule has 226 valence electrons. The molecule has 0 atom stereocenters. The first-order valence-corrected chi connectivity index (χ1v) is 14.8. The Hall–Kier alpha value is -6.20. The van der Waals surface area contributed by atoms with E-state index < -0.39 is 11.9 Å². The van der Waals surface area contributed by atoms with Crippen LogP contribution in [0.2, 0.25) is 0 Å². The number of aliphatic carboxylic acids is 2. The first-order valence-electron chi connectivity index (χ1n) is 14.8. The number of hydrogen-bond acceptors (Lipinski definition) is 3. The van der Waals surface area contributed by atoms with Crippen LogP contribution in [0.5, 0.6) is 0 Å². The van der Waals surface area contributed by atoms with E-state index in [4.69, 9.17) is 10.2 Å². The van der Waals surface area contributed by atoms with Gasteiger partial charge in [0.1, 0.15) is 0 Å². The lowest BCUT2D eigenvalue weighted by Crippen LogP contribution is -2.09. The van der Waals surface area contributed by atoms with E-state index in [1.807, 2.05) is 60.7 Å². The van der Waals surface area contributed by atoms with Crippen molar-refractivity contribution >= 4 is 65.5 Å². The summed E-state index contributed by atoms with van der Waals surface area (Å²) in [4.78, 5) is 23.7. The number of rotatable bonds is 11. The van der Waals surface area contributed by atoms with E-state index in [9.17, 15) is 9.59 Å². The number of carbonyl (C=O) groups is 2. The van der Waals surface area contributed by atoms with Crippen molar-refractivity contribution in [2.24, 2.45) is 0 Å². The van der Waals surface area contributed by atoms with Gasteiger partial charge in [0.15, 0.2) is 0 Å². The third-order valence-corrected chi connectivity index (χ3v) is 7.24. The summed E-state index contributed by atoms with van der Waals surface area (Å²) in [5.41, 5.74) is 10.2. The fourth-order valence-electron chi connectivity index (χ4n) is 4.77. The Morgan fingerprint density at radius 3 is 0.935 bits per heavy atom. The summed E-state index contributed by atoms with van der Waals surface area (Å²) < 4.78 is 0. The van der Waals surface area contributed by atoms with Crippen molar-refractivity contribution in [3.63, 3.8) is 0 Å².